The first kappa shape index (κ1) is 29.0. The summed E-state index contributed by atoms with van der Waals surface area (Å²) in [5.41, 5.74) is 2.63. The molecule has 0 radical (unpaired) electrons. The van der Waals surface area contributed by atoms with Gasteiger partial charge in [0.05, 0.1) is 39.9 Å². The molecule has 9 heteroatoms. The van der Waals surface area contributed by atoms with Crippen LogP contribution in [0.4, 0.5) is 4.39 Å². The van der Waals surface area contributed by atoms with E-state index in [1.165, 1.54) is 17.7 Å². The van der Waals surface area contributed by atoms with Crippen molar-refractivity contribution >= 4 is 33.5 Å². The van der Waals surface area contributed by atoms with E-state index in [9.17, 15) is 19.4 Å². The summed E-state index contributed by atoms with van der Waals surface area (Å²) in [6.45, 7) is 6.24. The van der Waals surface area contributed by atoms with Crippen LogP contribution < -0.4 is 5.32 Å². The minimum absolute atomic E-state index is 0.0185. The molecule has 234 valence electrons. The number of nitrogens with zero attached hydrogens (tertiary/aromatic N) is 3. The summed E-state index contributed by atoms with van der Waals surface area (Å²) in [7, 11) is 0. The number of carbonyl (C=O) groups excluding carboxylic acids is 1. The van der Waals surface area contributed by atoms with Crippen LogP contribution in [0.5, 0.6) is 0 Å². The first-order valence-corrected chi connectivity index (χ1v) is 16.9. The lowest BCUT2D eigenvalue weighted by atomic mass is 9.45. The zero-order chi connectivity index (χ0) is 31.3. The third-order valence-corrected chi connectivity index (χ3v) is 13.3. The number of amides is 1. The molecular formula is C36H39FN4O3S. The predicted molar refractivity (Wildman–Crippen MR) is 172 cm³/mol. The molecule has 0 spiro atoms. The van der Waals surface area contributed by atoms with Gasteiger partial charge in [-0.1, -0.05) is 31.6 Å². The average molecular weight is 627 g/mol. The van der Waals surface area contributed by atoms with Gasteiger partial charge in [-0.15, -0.1) is 11.3 Å². The highest BCUT2D eigenvalue weighted by Gasteiger charge is 2.68. The van der Waals surface area contributed by atoms with Crippen LogP contribution in [-0.4, -0.2) is 42.6 Å². The Morgan fingerprint density at radius 2 is 1.93 bits per heavy atom. The van der Waals surface area contributed by atoms with Crippen LogP contribution in [0.1, 0.15) is 75.2 Å². The predicted octanol–water partition coefficient (Wildman–Crippen LogP) is 6.38. The molecule has 4 aliphatic carbocycles. The van der Waals surface area contributed by atoms with E-state index in [0.717, 1.165) is 57.9 Å². The molecule has 7 unspecified atom stereocenters. The average Bonchev–Trinajstić information content (AvgIpc) is 3.70. The van der Waals surface area contributed by atoms with E-state index in [1.807, 2.05) is 49.0 Å². The molecule has 0 aliphatic heterocycles. The maximum Gasteiger partial charge on any atom is 0.253 e. The lowest BCUT2D eigenvalue weighted by Crippen LogP contribution is -2.63. The van der Waals surface area contributed by atoms with Crippen LogP contribution in [-0.2, 0) is 11.2 Å². The number of thiazole rings is 1. The first-order chi connectivity index (χ1) is 21.5. The highest BCUT2D eigenvalue weighted by Crippen LogP contribution is 2.67. The Morgan fingerprint density at radius 1 is 1.16 bits per heavy atom. The van der Waals surface area contributed by atoms with E-state index in [-0.39, 0.29) is 40.9 Å². The minimum atomic E-state index is -1.57. The molecule has 7 nitrogen and oxygen atoms in total. The molecular weight excluding hydrogens is 587 g/mol. The summed E-state index contributed by atoms with van der Waals surface area (Å²) in [4.78, 5) is 18.7. The quantitative estimate of drug-likeness (QED) is 0.244. The lowest BCUT2D eigenvalue weighted by molar-refractivity contribution is -0.181. The normalized spacial score (nSPS) is 34.3. The highest BCUT2D eigenvalue weighted by atomic mass is 32.1. The van der Waals surface area contributed by atoms with Gasteiger partial charge in [0.1, 0.15) is 16.4 Å². The smallest absolute Gasteiger partial charge is 0.253 e. The van der Waals surface area contributed by atoms with Gasteiger partial charge >= 0.3 is 0 Å². The SMILES string of the molecule is CC(NC(=O)[C@@]1(O)CCC2C3CCC4=Cc5c(cnn5-c5ccc(F)cc5)CC4(C)C3C(O)CC21C)c1nc2ccccc2s1. The van der Waals surface area contributed by atoms with Crippen molar-refractivity contribution in [1.82, 2.24) is 20.1 Å². The van der Waals surface area contributed by atoms with Crippen molar-refractivity contribution in [3.63, 3.8) is 0 Å². The van der Waals surface area contributed by atoms with Crippen LogP contribution in [0, 0.1) is 34.4 Å². The number of rotatable bonds is 4. The Hall–Kier alpha value is -3.40. The molecule has 2 heterocycles. The Labute approximate surface area is 266 Å². The summed E-state index contributed by atoms with van der Waals surface area (Å²) in [5.74, 6) is -0.298. The van der Waals surface area contributed by atoms with Gasteiger partial charge in [-0.2, -0.15) is 5.10 Å². The van der Waals surface area contributed by atoms with Crippen LogP contribution >= 0.6 is 11.3 Å². The number of carbonyl (C=O) groups is 1. The van der Waals surface area contributed by atoms with E-state index in [4.69, 9.17) is 4.98 Å². The zero-order valence-corrected chi connectivity index (χ0v) is 26.6. The molecule has 8 atom stereocenters. The van der Waals surface area contributed by atoms with Gasteiger partial charge < -0.3 is 15.5 Å². The topological polar surface area (TPSA) is 100 Å². The maximum absolute atomic E-state index is 14.0. The number of halogens is 1. The fourth-order valence-corrected chi connectivity index (χ4v) is 10.8. The van der Waals surface area contributed by atoms with Gasteiger partial charge in [0.15, 0.2) is 0 Å². The number of aromatic nitrogens is 3. The number of hydrogen-bond acceptors (Lipinski definition) is 6. The van der Waals surface area contributed by atoms with Crippen LogP contribution in [0.25, 0.3) is 22.0 Å². The summed E-state index contributed by atoms with van der Waals surface area (Å²) < 4.78 is 16.6. The van der Waals surface area contributed by atoms with E-state index in [1.54, 1.807) is 23.5 Å². The van der Waals surface area contributed by atoms with Crippen molar-refractivity contribution in [2.45, 2.75) is 77.0 Å². The molecule has 3 fully saturated rings. The van der Waals surface area contributed by atoms with Crippen molar-refractivity contribution in [2.75, 3.05) is 0 Å². The number of fused-ring (bicyclic) bond motifs is 7. The summed E-state index contributed by atoms with van der Waals surface area (Å²) in [6, 6.07) is 14.0. The highest BCUT2D eigenvalue weighted by molar-refractivity contribution is 7.18. The van der Waals surface area contributed by atoms with Gasteiger partial charge in [0, 0.05) is 5.41 Å². The first-order valence-electron chi connectivity index (χ1n) is 16.1. The molecule has 1 amide bonds. The van der Waals surface area contributed by atoms with Crippen molar-refractivity contribution in [2.24, 2.45) is 28.6 Å². The molecule has 45 heavy (non-hydrogen) atoms. The molecule has 0 saturated heterocycles. The van der Waals surface area contributed by atoms with E-state index >= 15 is 0 Å². The summed E-state index contributed by atoms with van der Waals surface area (Å²) >= 11 is 1.56. The number of hydrogen-bond donors (Lipinski definition) is 3. The minimum Gasteiger partial charge on any atom is -0.393 e. The van der Waals surface area contributed by atoms with E-state index in [0.29, 0.717) is 12.8 Å². The van der Waals surface area contributed by atoms with E-state index in [2.05, 4.69) is 23.4 Å². The second kappa shape index (κ2) is 10.0. The lowest BCUT2D eigenvalue weighted by Gasteiger charge is -2.60. The second-order valence-electron chi connectivity index (χ2n) is 14.3. The van der Waals surface area contributed by atoms with Crippen LogP contribution in [0.15, 0.2) is 60.3 Å². The third-order valence-electron chi connectivity index (χ3n) is 12.1. The number of allylic oxidation sites excluding steroid dienone is 1. The maximum atomic E-state index is 14.0. The van der Waals surface area contributed by atoms with Crippen molar-refractivity contribution in [3.05, 3.63) is 82.4 Å². The zero-order valence-electron chi connectivity index (χ0n) is 25.8. The van der Waals surface area contributed by atoms with Gasteiger partial charge in [-0.3, -0.25) is 4.79 Å². The number of para-hydroxylation sites is 1. The molecule has 8 rings (SSSR count). The molecule has 2 aromatic heterocycles. The van der Waals surface area contributed by atoms with Crippen molar-refractivity contribution < 1.29 is 19.4 Å². The Bertz CT molecular complexity index is 1820. The fraction of sp³-hybridized carbons (Fsp3) is 0.472. The molecule has 2 aromatic carbocycles. The number of aliphatic hydroxyl groups excluding tert-OH is 1. The van der Waals surface area contributed by atoms with Gasteiger partial charge in [0.25, 0.3) is 5.91 Å². The Kier molecular flexibility index (Phi) is 6.48. The van der Waals surface area contributed by atoms with Gasteiger partial charge in [-0.05, 0) is 117 Å². The monoisotopic (exact) mass is 626 g/mol. The molecule has 3 N–H and O–H groups in total. The third kappa shape index (κ3) is 4.16. The van der Waals surface area contributed by atoms with Crippen LogP contribution in [0.2, 0.25) is 0 Å². The molecule has 4 aromatic rings. The summed E-state index contributed by atoms with van der Waals surface area (Å²) in [6.07, 6.45) is 7.58. The Morgan fingerprint density at radius 3 is 2.71 bits per heavy atom. The van der Waals surface area contributed by atoms with Gasteiger partial charge in [0.2, 0.25) is 0 Å². The fourth-order valence-electron chi connectivity index (χ4n) is 9.80. The standard InChI is InChI=1S/C36H39FN4O3S/c1-20(32-40-27-6-4-5-7-30(27)45-32)39-33(43)36(44)15-14-26-25-13-8-22-16-28-21(19-38-41(28)24-11-9-23(37)10-12-24)17-34(22,2)31(25)29(42)18-35(26,36)3/h4-7,9-12,16,19-20,25-26,29,31,42,44H,8,13-15,17-18H2,1-3H3,(H,39,43)/t20?,25?,26?,29?,31?,34?,35?,36-/m0/s1. The van der Waals surface area contributed by atoms with Crippen molar-refractivity contribution in [1.29, 1.82) is 0 Å². The molecule has 3 saturated carbocycles. The van der Waals surface area contributed by atoms with Gasteiger partial charge in [-0.25, -0.2) is 14.1 Å². The molecule has 4 aliphatic rings. The number of benzene rings is 2. The van der Waals surface area contributed by atoms with Crippen molar-refractivity contribution in [3.8, 4) is 5.69 Å². The number of nitrogens with one attached hydrogen (secondary N) is 1. The second-order valence-corrected chi connectivity index (χ2v) is 15.4. The number of aliphatic hydroxyl groups is 2. The molecule has 0 bridgehead atoms. The van der Waals surface area contributed by atoms with E-state index < -0.39 is 17.1 Å². The Balaban J connectivity index is 1.06. The summed E-state index contributed by atoms with van der Waals surface area (Å²) in [5, 5.41) is 32.8. The largest absolute Gasteiger partial charge is 0.393 e. The van der Waals surface area contributed by atoms with Crippen LogP contribution in [0.3, 0.4) is 0 Å².